The van der Waals surface area contributed by atoms with Crippen LogP contribution in [-0.2, 0) is 4.79 Å². The van der Waals surface area contributed by atoms with Crippen LogP contribution in [0.15, 0.2) is 24.5 Å². The molecule has 0 aliphatic carbocycles. The van der Waals surface area contributed by atoms with Crippen molar-refractivity contribution in [3.8, 4) is 0 Å². The van der Waals surface area contributed by atoms with Gasteiger partial charge in [-0.1, -0.05) is 0 Å². The standard InChI is InChI=1S/C9H15N3O/c1-2-10-9(13)5-6-11-12-7-3-4-8-12/h3-4,7-8,11H,2,5-6H2,1H3,(H,10,13). The van der Waals surface area contributed by atoms with Gasteiger partial charge >= 0.3 is 0 Å². The zero-order valence-corrected chi connectivity index (χ0v) is 7.79. The summed E-state index contributed by atoms with van der Waals surface area (Å²) in [7, 11) is 0. The molecule has 2 N–H and O–H groups in total. The summed E-state index contributed by atoms with van der Waals surface area (Å²) in [6.45, 7) is 3.26. The molecule has 0 radical (unpaired) electrons. The Hall–Kier alpha value is -1.45. The Morgan fingerprint density at radius 2 is 2.08 bits per heavy atom. The van der Waals surface area contributed by atoms with Gasteiger partial charge in [0, 0.05) is 31.9 Å². The quantitative estimate of drug-likeness (QED) is 0.697. The molecule has 0 bridgehead atoms. The summed E-state index contributed by atoms with van der Waals surface area (Å²) in [5.41, 5.74) is 3.07. The van der Waals surface area contributed by atoms with Gasteiger partial charge in [-0.15, -0.1) is 0 Å². The Bertz CT molecular complexity index is 243. The van der Waals surface area contributed by atoms with Crippen LogP contribution in [0.2, 0.25) is 0 Å². The first-order valence-corrected chi connectivity index (χ1v) is 4.46. The Morgan fingerprint density at radius 3 is 2.69 bits per heavy atom. The number of nitrogens with zero attached hydrogens (tertiary/aromatic N) is 1. The minimum absolute atomic E-state index is 0.0853. The second-order valence-corrected chi connectivity index (χ2v) is 2.70. The van der Waals surface area contributed by atoms with E-state index in [4.69, 9.17) is 0 Å². The number of carbonyl (C=O) groups is 1. The molecule has 0 unspecified atom stereocenters. The number of amides is 1. The third-order valence-electron chi connectivity index (χ3n) is 1.62. The fourth-order valence-corrected chi connectivity index (χ4v) is 1.02. The molecule has 4 nitrogen and oxygen atoms in total. The predicted octanol–water partition coefficient (Wildman–Crippen LogP) is 0.558. The van der Waals surface area contributed by atoms with Crippen molar-refractivity contribution in [1.29, 1.82) is 0 Å². The minimum Gasteiger partial charge on any atom is -0.356 e. The van der Waals surface area contributed by atoms with Crippen LogP contribution in [0.1, 0.15) is 13.3 Å². The molecular weight excluding hydrogens is 166 g/mol. The normalized spacial score (nSPS) is 9.62. The highest BCUT2D eigenvalue weighted by Crippen LogP contribution is 1.85. The third kappa shape index (κ3) is 3.64. The lowest BCUT2D eigenvalue weighted by Gasteiger charge is -2.06. The van der Waals surface area contributed by atoms with Crippen molar-refractivity contribution >= 4 is 5.91 Å². The van der Waals surface area contributed by atoms with E-state index in [1.54, 1.807) is 0 Å². The molecule has 1 aromatic rings. The first-order valence-electron chi connectivity index (χ1n) is 4.46. The molecule has 4 heteroatoms. The average molecular weight is 181 g/mol. The second-order valence-electron chi connectivity index (χ2n) is 2.70. The Balaban J connectivity index is 2.11. The van der Waals surface area contributed by atoms with Crippen molar-refractivity contribution < 1.29 is 4.79 Å². The van der Waals surface area contributed by atoms with Crippen LogP contribution in [0.5, 0.6) is 0 Å². The maximum Gasteiger partial charge on any atom is 0.221 e. The molecule has 0 saturated carbocycles. The van der Waals surface area contributed by atoms with Crippen LogP contribution in [-0.4, -0.2) is 23.7 Å². The Kier molecular flexibility index (Phi) is 3.88. The molecule has 0 fully saturated rings. The van der Waals surface area contributed by atoms with E-state index in [0.717, 1.165) is 0 Å². The number of nitrogens with one attached hydrogen (secondary N) is 2. The van der Waals surface area contributed by atoms with Crippen molar-refractivity contribution in [2.45, 2.75) is 13.3 Å². The van der Waals surface area contributed by atoms with Crippen molar-refractivity contribution in [3.05, 3.63) is 24.5 Å². The summed E-state index contributed by atoms with van der Waals surface area (Å²) >= 11 is 0. The van der Waals surface area contributed by atoms with Crippen LogP contribution in [0.4, 0.5) is 0 Å². The minimum atomic E-state index is 0.0853. The van der Waals surface area contributed by atoms with Gasteiger partial charge in [0.25, 0.3) is 0 Å². The molecule has 1 aromatic heterocycles. The molecular formula is C9H15N3O. The molecule has 0 atom stereocenters. The average Bonchev–Trinajstić information content (AvgIpc) is 2.57. The van der Waals surface area contributed by atoms with Gasteiger partial charge in [0.15, 0.2) is 0 Å². The van der Waals surface area contributed by atoms with Crippen LogP contribution in [0.3, 0.4) is 0 Å². The lowest BCUT2D eigenvalue weighted by atomic mass is 10.4. The monoisotopic (exact) mass is 181 g/mol. The highest BCUT2D eigenvalue weighted by atomic mass is 16.1. The van der Waals surface area contributed by atoms with Crippen LogP contribution in [0.25, 0.3) is 0 Å². The molecule has 0 saturated heterocycles. The van der Waals surface area contributed by atoms with Crippen LogP contribution in [0, 0.1) is 0 Å². The van der Waals surface area contributed by atoms with Gasteiger partial charge in [-0.25, -0.2) is 0 Å². The topological polar surface area (TPSA) is 46.1 Å². The lowest BCUT2D eigenvalue weighted by molar-refractivity contribution is -0.120. The van der Waals surface area contributed by atoms with Crippen LogP contribution >= 0.6 is 0 Å². The van der Waals surface area contributed by atoms with Crippen molar-refractivity contribution in [2.24, 2.45) is 0 Å². The maximum atomic E-state index is 11.0. The fraction of sp³-hybridized carbons (Fsp3) is 0.444. The number of hydrogen-bond acceptors (Lipinski definition) is 2. The van der Waals surface area contributed by atoms with Crippen molar-refractivity contribution in [1.82, 2.24) is 9.99 Å². The number of carbonyl (C=O) groups excluding carboxylic acids is 1. The molecule has 1 amide bonds. The first-order chi connectivity index (χ1) is 6.33. The maximum absolute atomic E-state index is 11.0. The van der Waals surface area contributed by atoms with Gasteiger partial charge in [-0.2, -0.15) is 0 Å². The van der Waals surface area contributed by atoms with Gasteiger partial charge in [0.1, 0.15) is 0 Å². The number of aromatic nitrogens is 1. The van der Waals surface area contributed by atoms with Crippen molar-refractivity contribution in [3.63, 3.8) is 0 Å². The van der Waals surface area contributed by atoms with Gasteiger partial charge in [-0.3, -0.25) is 9.47 Å². The van der Waals surface area contributed by atoms with E-state index in [1.165, 1.54) is 0 Å². The van der Waals surface area contributed by atoms with Crippen LogP contribution < -0.4 is 10.7 Å². The number of hydrogen-bond donors (Lipinski definition) is 2. The fourth-order valence-electron chi connectivity index (χ4n) is 1.02. The lowest BCUT2D eigenvalue weighted by Crippen LogP contribution is -2.26. The van der Waals surface area contributed by atoms with Crippen molar-refractivity contribution in [2.75, 3.05) is 18.5 Å². The molecule has 1 rings (SSSR count). The molecule has 1 heterocycles. The molecule has 0 aromatic carbocycles. The Labute approximate surface area is 77.9 Å². The van der Waals surface area contributed by atoms with E-state index in [0.29, 0.717) is 19.5 Å². The summed E-state index contributed by atoms with van der Waals surface area (Å²) in [5, 5.41) is 2.74. The van der Waals surface area contributed by atoms with E-state index in [9.17, 15) is 4.79 Å². The third-order valence-corrected chi connectivity index (χ3v) is 1.62. The highest BCUT2D eigenvalue weighted by molar-refractivity contribution is 5.76. The van der Waals surface area contributed by atoms with E-state index in [2.05, 4.69) is 10.7 Å². The molecule has 72 valence electrons. The molecule has 0 aliphatic heterocycles. The largest absolute Gasteiger partial charge is 0.356 e. The highest BCUT2D eigenvalue weighted by Gasteiger charge is 1.97. The summed E-state index contributed by atoms with van der Waals surface area (Å²) in [6, 6.07) is 3.86. The zero-order valence-electron chi connectivity index (χ0n) is 7.79. The Morgan fingerprint density at radius 1 is 1.38 bits per heavy atom. The summed E-state index contributed by atoms with van der Waals surface area (Å²) in [4.78, 5) is 11.0. The first kappa shape index (κ1) is 9.64. The van der Waals surface area contributed by atoms with E-state index in [1.807, 2.05) is 36.1 Å². The van der Waals surface area contributed by atoms with E-state index < -0.39 is 0 Å². The predicted molar refractivity (Wildman–Crippen MR) is 52.0 cm³/mol. The van der Waals surface area contributed by atoms with Gasteiger partial charge in [0.2, 0.25) is 5.91 Å². The molecule has 13 heavy (non-hydrogen) atoms. The van der Waals surface area contributed by atoms with Gasteiger partial charge < -0.3 is 10.7 Å². The zero-order chi connectivity index (χ0) is 9.52. The summed E-state index contributed by atoms with van der Waals surface area (Å²) in [6.07, 6.45) is 4.31. The smallest absolute Gasteiger partial charge is 0.221 e. The molecule has 0 aliphatic rings. The van der Waals surface area contributed by atoms with E-state index >= 15 is 0 Å². The van der Waals surface area contributed by atoms with E-state index in [-0.39, 0.29) is 5.91 Å². The number of rotatable bonds is 5. The summed E-state index contributed by atoms with van der Waals surface area (Å²) < 4.78 is 1.83. The van der Waals surface area contributed by atoms with Gasteiger partial charge in [-0.05, 0) is 19.1 Å². The summed E-state index contributed by atoms with van der Waals surface area (Å²) in [5.74, 6) is 0.0853. The van der Waals surface area contributed by atoms with Gasteiger partial charge in [0.05, 0.1) is 0 Å². The molecule has 0 spiro atoms. The SMILES string of the molecule is CCNC(=O)CCNn1cccc1. The second kappa shape index (κ2) is 5.24.